The number of carbonyl (C=O) groups excluding carboxylic acids is 2. The van der Waals surface area contributed by atoms with Crippen LogP contribution in [0.2, 0.25) is 0 Å². The summed E-state index contributed by atoms with van der Waals surface area (Å²) in [5, 5.41) is 5.58. The summed E-state index contributed by atoms with van der Waals surface area (Å²) in [6, 6.07) is 6.77. The molecule has 1 aromatic rings. The summed E-state index contributed by atoms with van der Waals surface area (Å²) in [6.45, 7) is 1.44. The van der Waals surface area contributed by atoms with Gasteiger partial charge in [-0.1, -0.05) is 18.9 Å². The maximum Gasteiger partial charge on any atom is 0.232 e. The van der Waals surface area contributed by atoms with E-state index in [2.05, 4.69) is 10.6 Å². The Morgan fingerprint density at radius 1 is 1.24 bits per heavy atom. The van der Waals surface area contributed by atoms with Gasteiger partial charge in [-0.25, -0.2) is 8.42 Å². The van der Waals surface area contributed by atoms with Crippen molar-refractivity contribution in [2.75, 3.05) is 22.4 Å². The fraction of sp³-hybridized carbons (Fsp3) is 0.529. The van der Waals surface area contributed by atoms with Gasteiger partial charge in [0, 0.05) is 31.6 Å². The second-order valence-corrected chi connectivity index (χ2v) is 8.27. The van der Waals surface area contributed by atoms with Crippen LogP contribution in [0.5, 0.6) is 0 Å². The molecule has 2 rings (SSSR count). The van der Waals surface area contributed by atoms with Crippen LogP contribution in [0.25, 0.3) is 0 Å². The molecular weight excluding hydrogens is 342 g/mol. The van der Waals surface area contributed by atoms with Gasteiger partial charge in [0.1, 0.15) is 0 Å². The van der Waals surface area contributed by atoms with E-state index >= 15 is 0 Å². The van der Waals surface area contributed by atoms with Gasteiger partial charge in [-0.3, -0.25) is 13.9 Å². The molecule has 0 aromatic heterocycles. The molecule has 1 aliphatic carbocycles. The van der Waals surface area contributed by atoms with Gasteiger partial charge >= 0.3 is 0 Å². The van der Waals surface area contributed by atoms with Crippen LogP contribution in [0.1, 0.15) is 39.0 Å². The van der Waals surface area contributed by atoms with Crippen molar-refractivity contribution in [1.29, 1.82) is 0 Å². The van der Waals surface area contributed by atoms with Crippen LogP contribution in [0.15, 0.2) is 24.3 Å². The van der Waals surface area contributed by atoms with Crippen LogP contribution >= 0.6 is 0 Å². The van der Waals surface area contributed by atoms with Crippen molar-refractivity contribution in [3.63, 3.8) is 0 Å². The Morgan fingerprint density at radius 3 is 2.52 bits per heavy atom. The first-order valence-corrected chi connectivity index (χ1v) is 10.3. The zero-order valence-corrected chi connectivity index (χ0v) is 15.4. The standard InChI is InChI=1S/C17H25N3O4S/c1-13(21)18-15-8-5-9-16(12-15)20(25(2,23)24)11-10-17(22)19-14-6-3-4-7-14/h5,8-9,12,14H,3-4,6-7,10-11H2,1-2H3,(H,18,21)(H,19,22). The predicted molar refractivity (Wildman–Crippen MR) is 98.0 cm³/mol. The number of hydrogen-bond acceptors (Lipinski definition) is 4. The van der Waals surface area contributed by atoms with E-state index in [0.29, 0.717) is 11.4 Å². The fourth-order valence-electron chi connectivity index (χ4n) is 3.00. The van der Waals surface area contributed by atoms with Gasteiger partial charge in [0.2, 0.25) is 21.8 Å². The van der Waals surface area contributed by atoms with E-state index in [4.69, 9.17) is 0 Å². The molecule has 1 aromatic carbocycles. The summed E-state index contributed by atoms with van der Waals surface area (Å²) in [5.74, 6) is -0.377. The first-order chi connectivity index (χ1) is 11.8. The normalized spacial score (nSPS) is 15.0. The number of nitrogens with one attached hydrogen (secondary N) is 2. The van der Waals surface area contributed by atoms with E-state index in [9.17, 15) is 18.0 Å². The van der Waals surface area contributed by atoms with Gasteiger partial charge in [-0.15, -0.1) is 0 Å². The predicted octanol–water partition coefficient (Wildman–Crippen LogP) is 1.86. The Morgan fingerprint density at radius 2 is 1.92 bits per heavy atom. The average molecular weight is 367 g/mol. The molecular formula is C17H25N3O4S. The molecule has 1 fully saturated rings. The highest BCUT2D eigenvalue weighted by Gasteiger charge is 2.21. The van der Waals surface area contributed by atoms with Crippen molar-refractivity contribution in [3.8, 4) is 0 Å². The molecule has 0 bridgehead atoms. The summed E-state index contributed by atoms with van der Waals surface area (Å²) in [6.07, 6.45) is 5.41. The van der Waals surface area contributed by atoms with Crippen molar-refractivity contribution in [2.24, 2.45) is 0 Å². The number of benzene rings is 1. The highest BCUT2D eigenvalue weighted by atomic mass is 32.2. The summed E-state index contributed by atoms with van der Waals surface area (Å²) < 4.78 is 25.4. The third-order valence-corrected chi connectivity index (χ3v) is 5.31. The van der Waals surface area contributed by atoms with Crippen molar-refractivity contribution in [1.82, 2.24) is 5.32 Å². The Balaban J connectivity index is 2.06. The smallest absolute Gasteiger partial charge is 0.232 e. The molecule has 1 aliphatic rings. The molecule has 25 heavy (non-hydrogen) atoms. The number of sulfonamides is 1. The van der Waals surface area contributed by atoms with Crippen LogP contribution in [-0.4, -0.2) is 39.1 Å². The summed E-state index contributed by atoms with van der Waals surface area (Å²) in [5.41, 5.74) is 0.927. The maximum absolute atomic E-state index is 12.1. The number of carbonyl (C=O) groups is 2. The molecule has 0 heterocycles. The fourth-order valence-corrected chi connectivity index (χ4v) is 3.92. The third-order valence-electron chi connectivity index (χ3n) is 4.12. The van der Waals surface area contributed by atoms with Crippen LogP contribution in [0.4, 0.5) is 11.4 Å². The van der Waals surface area contributed by atoms with E-state index in [0.717, 1.165) is 31.9 Å². The maximum atomic E-state index is 12.1. The topological polar surface area (TPSA) is 95.6 Å². The lowest BCUT2D eigenvalue weighted by Crippen LogP contribution is -2.37. The Bertz CT molecular complexity index is 727. The van der Waals surface area contributed by atoms with Crippen molar-refractivity contribution < 1.29 is 18.0 Å². The minimum atomic E-state index is -3.55. The number of amides is 2. The van der Waals surface area contributed by atoms with E-state index in [1.807, 2.05) is 0 Å². The molecule has 1 saturated carbocycles. The van der Waals surface area contributed by atoms with Crippen LogP contribution < -0.4 is 14.9 Å². The number of nitrogens with zero attached hydrogens (tertiary/aromatic N) is 1. The first kappa shape index (κ1) is 19.2. The Hall–Kier alpha value is -2.09. The number of rotatable bonds is 7. The quantitative estimate of drug-likeness (QED) is 0.769. The van der Waals surface area contributed by atoms with E-state index in [-0.39, 0.29) is 30.8 Å². The van der Waals surface area contributed by atoms with Gasteiger partial charge < -0.3 is 10.6 Å². The van der Waals surface area contributed by atoms with Crippen molar-refractivity contribution >= 4 is 33.2 Å². The Labute approximate surface area is 148 Å². The Kier molecular flexibility index (Phi) is 6.41. The highest BCUT2D eigenvalue weighted by molar-refractivity contribution is 7.92. The molecule has 0 atom stereocenters. The third kappa shape index (κ3) is 6.04. The second kappa shape index (κ2) is 8.33. The number of anilines is 2. The van der Waals surface area contributed by atoms with Gasteiger partial charge in [0.05, 0.1) is 11.9 Å². The lowest BCUT2D eigenvalue weighted by Gasteiger charge is -2.23. The SMILES string of the molecule is CC(=O)Nc1cccc(N(CCC(=O)NC2CCCC2)S(C)(=O)=O)c1. The van der Waals surface area contributed by atoms with Gasteiger partial charge in [-0.05, 0) is 31.0 Å². The summed E-state index contributed by atoms with van der Waals surface area (Å²) in [7, 11) is -3.55. The van der Waals surface area contributed by atoms with Crippen molar-refractivity contribution in [3.05, 3.63) is 24.3 Å². The molecule has 2 N–H and O–H groups in total. The lowest BCUT2D eigenvalue weighted by atomic mass is 10.2. The van der Waals surface area contributed by atoms with Gasteiger partial charge in [0.15, 0.2) is 0 Å². The zero-order chi connectivity index (χ0) is 18.4. The van der Waals surface area contributed by atoms with Gasteiger partial charge in [0.25, 0.3) is 0 Å². The molecule has 138 valence electrons. The lowest BCUT2D eigenvalue weighted by molar-refractivity contribution is -0.121. The highest BCUT2D eigenvalue weighted by Crippen LogP contribution is 2.22. The molecule has 0 spiro atoms. The molecule has 0 aliphatic heterocycles. The van der Waals surface area contributed by atoms with E-state index in [1.165, 1.54) is 11.2 Å². The summed E-state index contributed by atoms with van der Waals surface area (Å²) in [4.78, 5) is 23.3. The van der Waals surface area contributed by atoms with Crippen LogP contribution in [0, 0.1) is 0 Å². The zero-order valence-electron chi connectivity index (χ0n) is 14.6. The molecule has 0 radical (unpaired) electrons. The molecule has 8 heteroatoms. The second-order valence-electron chi connectivity index (χ2n) is 6.37. The largest absolute Gasteiger partial charge is 0.353 e. The average Bonchev–Trinajstić information content (AvgIpc) is 2.98. The van der Waals surface area contributed by atoms with Gasteiger partial charge in [-0.2, -0.15) is 0 Å². The number of hydrogen-bond donors (Lipinski definition) is 2. The molecule has 7 nitrogen and oxygen atoms in total. The monoisotopic (exact) mass is 367 g/mol. The minimum Gasteiger partial charge on any atom is -0.353 e. The van der Waals surface area contributed by atoms with Crippen molar-refractivity contribution in [2.45, 2.75) is 45.1 Å². The van der Waals surface area contributed by atoms with Crippen LogP contribution in [-0.2, 0) is 19.6 Å². The first-order valence-electron chi connectivity index (χ1n) is 8.40. The van der Waals surface area contributed by atoms with E-state index in [1.54, 1.807) is 24.3 Å². The summed E-state index contributed by atoms with van der Waals surface area (Å²) >= 11 is 0. The minimum absolute atomic E-state index is 0.0565. The molecule has 2 amide bonds. The van der Waals surface area contributed by atoms with E-state index < -0.39 is 10.0 Å². The van der Waals surface area contributed by atoms with Crippen LogP contribution in [0.3, 0.4) is 0 Å². The molecule has 0 saturated heterocycles. The molecule has 0 unspecified atom stereocenters.